The first-order valence-corrected chi connectivity index (χ1v) is 42.6. The smallest absolute Gasteiger partial charge is 0.0213 e. The number of carboxylic acids is 3. The molecular weight excluding hydrogens is 1470 g/mol. The fourth-order valence-electron chi connectivity index (χ4n) is 5.82. The van der Waals surface area contributed by atoms with Crippen molar-refractivity contribution in [2.75, 3.05) is 61.8 Å². The van der Waals surface area contributed by atoms with E-state index in [0.29, 0.717) is 28.8 Å². The zero-order valence-corrected chi connectivity index (χ0v) is 67.4. The summed E-state index contributed by atoms with van der Waals surface area (Å²) in [6, 6.07) is 0. The van der Waals surface area contributed by atoms with Gasteiger partial charge in [0, 0.05) is 50.9 Å². The Bertz CT molecular complexity index is 830. The van der Waals surface area contributed by atoms with Crippen LogP contribution in [0.25, 0.3) is 0 Å². The number of carboxylic acid groups (broad SMARTS) is 3. The van der Waals surface area contributed by atoms with E-state index in [2.05, 4.69) is 112 Å². The summed E-state index contributed by atoms with van der Waals surface area (Å²) in [5, 5.41) is 69.1. The van der Waals surface area contributed by atoms with Gasteiger partial charge in [-0.15, -0.1) is 0 Å². The Kier molecular flexibility index (Phi) is 187. The molecule has 0 aromatic rings. The van der Waals surface area contributed by atoms with Crippen molar-refractivity contribution in [3.8, 4) is 0 Å². The minimum absolute atomic E-state index is 0. The van der Waals surface area contributed by atoms with Crippen molar-refractivity contribution in [3.63, 3.8) is 0 Å². The van der Waals surface area contributed by atoms with Crippen LogP contribution in [-0.4, -0.2) is 171 Å². The summed E-state index contributed by atoms with van der Waals surface area (Å²) in [6.45, 7) is 16.4. The molecular formula is C62H130O11S6Sn3-2. The molecule has 0 unspecified atom stereocenters. The van der Waals surface area contributed by atoms with Gasteiger partial charge in [-0.2, -0.15) is 28.8 Å². The van der Waals surface area contributed by atoms with Gasteiger partial charge < -0.3 is 132 Å². The van der Waals surface area contributed by atoms with Crippen LogP contribution in [-0.2, 0) is 91.0 Å². The second-order valence-electron chi connectivity index (χ2n) is 18.7. The molecule has 82 heavy (non-hydrogen) atoms. The third-order valence-corrected chi connectivity index (χ3v) is 17.4. The summed E-state index contributed by atoms with van der Waals surface area (Å²) in [4.78, 5) is 30.3. The summed E-state index contributed by atoms with van der Waals surface area (Å²) < 4.78 is 6.12. The van der Waals surface area contributed by atoms with Gasteiger partial charge in [-0.05, 0) is 38.5 Å². The van der Waals surface area contributed by atoms with Crippen molar-refractivity contribution in [3.05, 3.63) is 0 Å². The molecule has 0 aliphatic heterocycles. The van der Waals surface area contributed by atoms with E-state index in [1.807, 2.05) is 0 Å². The average molecular weight is 1600 g/mol. The van der Waals surface area contributed by atoms with Gasteiger partial charge in [-0.25, -0.2) is 0 Å². The molecule has 5 N–H and O–H groups in total. The molecule has 0 aliphatic carbocycles. The molecule has 0 aliphatic rings. The molecule has 0 rings (SSSR count). The number of hydrogen-bond acceptors (Lipinski definition) is 16. The summed E-state index contributed by atoms with van der Waals surface area (Å²) in [5.74, 6) is -0.436. The Labute approximate surface area is 582 Å². The average Bonchev–Trinajstić information content (AvgIpc) is 3.47. The number of hydrogen-bond donors (Lipinski definition) is 5. The van der Waals surface area contributed by atoms with E-state index in [0.717, 1.165) is 38.5 Å². The molecule has 0 aromatic carbocycles. The Morgan fingerprint density at radius 1 is 0.305 bits per heavy atom. The standard InChI is InChI=1S/3C12H24O2.4C4H9.5C2H6OS.S.3Sn/c3*1-2-3-4-5-6-7-8-9-10-11-12(13)14;4*1-3-4-2;5*3-1-2-4;;;;/h3*2-11H2,1H3,(H,13,14);4*1,3-4H2,2H3;5*3-4H,1-2H2;;;;/q;;;;;;;;;;;;-2;+2;2*+3/p-8. The molecule has 0 aromatic heterocycles. The van der Waals surface area contributed by atoms with Crippen molar-refractivity contribution < 1.29 is 55.2 Å². The zero-order chi connectivity index (χ0) is 64.2. The van der Waals surface area contributed by atoms with E-state index in [-0.39, 0.29) is 86.9 Å². The Morgan fingerprint density at radius 3 is 0.561 bits per heavy atom. The number of aliphatic hydroxyl groups excluding tert-OH is 5. The second-order valence-corrected chi connectivity index (χ2v) is 27.8. The van der Waals surface area contributed by atoms with E-state index >= 15 is 0 Å². The monoisotopic (exact) mass is 1600 g/mol. The number of aliphatic hydroxyl groups is 5. The van der Waals surface area contributed by atoms with Crippen molar-refractivity contribution in [1.29, 1.82) is 0 Å². The molecule has 0 saturated carbocycles. The minimum Gasteiger partial charge on any atom is -2.00 e. The molecule has 0 atom stereocenters. The zero-order valence-electron chi connectivity index (χ0n) is 53.9. The van der Waals surface area contributed by atoms with Crippen molar-refractivity contribution >= 4 is 161 Å². The molecule has 0 amide bonds. The van der Waals surface area contributed by atoms with Gasteiger partial charge in [0.05, 0.1) is 0 Å². The van der Waals surface area contributed by atoms with Crippen LogP contribution in [0.15, 0.2) is 0 Å². The van der Waals surface area contributed by atoms with Crippen LogP contribution in [0.4, 0.5) is 0 Å². The molecule has 0 radical (unpaired) electrons. The quantitative estimate of drug-likeness (QED) is 0.0217. The molecule has 0 heterocycles. The van der Waals surface area contributed by atoms with E-state index < -0.39 is 17.9 Å². The number of carbonyl (C=O) groups is 3. The fourth-order valence-corrected chi connectivity index (χ4v) is 12.0. The van der Waals surface area contributed by atoms with E-state index in [1.165, 1.54) is 195 Å². The van der Waals surface area contributed by atoms with Gasteiger partial charge in [0.15, 0.2) is 0 Å². The number of unbranched alkanes of at least 4 members (excludes halogenated alkanes) is 28. The second kappa shape index (κ2) is 137. The van der Waals surface area contributed by atoms with Crippen molar-refractivity contribution in [2.24, 2.45) is 0 Å². The van der Waals surface area contributed by atoms with Crippen LogP contribution in [0.2, 0.25) is 17.7 Å². The minimum atomic E-state index is -0.909. The van der Waals surface area contributed by atoms with E-state index in [9.17, 15) is 29.7 Å². The van der Waals surface area contributed by atoms with Gasteiger partial charge in [0.2, 0.25) is 0 Å². The number of carbonyl (C=O) groups excluding carboxylic acids is 3. The fraction of sp³-hybridized carbons (Fsp3) is 0.952. The largest absolute Gasteiger partial charge is 2.00 e. The van der Waals surface area contributed by atoms with Crippen molar-refractivity contribution in [2.45, 2.75) is 310 Å². The molecule has 0 bridgehead atoms. The van der Waals surface area contributed by atoms with Crippen molar-refractivity contribution in [1.82, 2.24) is 0 Å². The van der Waals surface area contributed by atoms with E-state index in [1.54, 1.807) is 53.9 Å². The maximum absolute atomic E-state index is 10.1. The Morgan fingerprint density at radius 2 is 0.451 bits per heavy atom. The van der Waals surface area contributed by atoms with Gasteiger partial charge in [0.25, 0.3) is 0 Å². The molecule has 0 fully saturated rings. The molecule has 0 saturated heterocycles. The maximum Gasteiger partial charge on any atom is 0.0213 e. The summed E-state index contributed by atoms with van der Waals surface area (Å²) in [6.07, 6.45) is 44.9. The first-order chi connectivity index (χ1) is 39.1. The predicted octanol–water partition coefficient (Wildman–Crippen LogP) is 11.5. The summed E-state index contributed by atoms with van der Waals surface area (Å²) >= 11 is 25.0. The first-order valence-electron chi connectivity index (χ1n) is 31.7. The van der Waals surface area contributed by atoms with Crippen LogP contribution < -0.4 is 15.3 Å². The van der Waals surface area contributed by atoms with Gasteiger partial charge in [-0.3, -0.25) is 0 Å². The molecule has 0 spiro atoms. The SMILES string of the molecule is CCCCCCCCCCCC(=O)[O-].CCCCCCCCCCCC(=O)[O-].CCCCCCCCCCCC(=O)[O-].CCC[CH2][Sn+2][CH2]CCC.CCC[CH2][Sn+3].CCC[CH2][Sn+3].OCC[S-].OCC[S-].OCC[S-].OCC[S-].OCC[S-].[S-2]. The molecule has 20 heteroatoms. The van der Waals surface area contributed by atoms with Crippen LogP contribution in [0.1, 0.15) is 292 Å². The van der Waals surface area contributed by atoms with E-state index in [4.69, 9.17) is 25.5 Å². The first kappa shape index (κ1) is 112. The maximum atomic E-state index is 10.1. The number of rotatable bonds is 45. The van der Waals surface area contributed by atoms with Gasteiger partial charge in [-0.1, -0.05) is 175 Å². The third kappa shape index (κ3) is 215. The van der Waals surface area contributed by atoms with Crippen LogP contribution in [0.3, 0.4) is 0 Å². The summed E-state index contributed by atoms with van der Waals surface area (Å²) in [5.41, 5.74) is 0. The van der Waals surface area contributed by atoms with Gasteiger partial charge in [0.1, 0.15) is 0 Å². The normalized spacial score (nSPS) is 9.18. The summed E-state index contributed by atoms with van der Waals surface area (Å²) in [7, 11) is 0. The Balaban J connectivity index is -0.0000000686. The van der Waals surface area contributed by atoms with Gasteiger partial charge >= 0.3 is 163 Å². The Hall–Kier alpha value is 2.71. The number of aliphatic carboxylic acids is 3. The van der Waals surface area contributed by atoms with Crippen LogP contribution >= 0.6 is 0 Å². The molecule has 11 nitrogen and oxygen atoms in total. The molecule has 494 valence electrons. The van der Waals surface area contributed by atoms with Crippen LogP contribution in [0, 0.1) is 0 Å². The third-order valence-electron chi connectivity index (χ3n) is 10.4. The topological polar surface area (TPSA) is 222 Å². The predicted molar refractivity (Wildman–Crippen MR) is 371 cm³/mol. The van der Waals surface area contributed by atoms with Crippen LogP contribution in [0.5, 0.6) is 0 Å².